The average Bonchev–Trinajstić information content (AvgIpc) is 2.37. The largest absolute Gasteiger partial charge is 0.361 e. The highest BCUT2D eigenvalue weighted by Gasteiger charge is 1.98. The molecule has 0 unspecified atom stereocenters. The lowest BCUT2D eigenvalue weighted by Gasteiger charge is -1.91. The van der Waals surface area contributed by atoms with Gasteiger partial charge in [0.2, 0.25) is 0 Å². The molecule has 0 atom stereocenters. The summed E-state index contributed by atoms with van der Waals surface area (Å²) in [6, 6.07) is 1.95. The van der Waals surface area contributed by atoms with Gasteiger partial charge >= 0.3 is 0 Å². The van der Waals surface area contributed by atoms with E-state index in [-0.39, 0.29) is 0 Å². The first-order valence-corrected chi connectivity index (χ1v) is 4.36. The van der Waals surface area contributed by atoms with Crippen LogP contribution in [-0.2, 0) is 9.49 Å². The van der Waals surface area contributed by atoms with Crippen molar-refractivity contribution in [1.29, 1.82) is 0 Å². The fourth-order valence-electron chi connectivity index (χ4n) is 0.844. The number of rotatable bonds is 4. The molecular weight excluding hydrogens is 257 g/mol. The summed E-state index contributed by atoms with van der Waals surface area (Å²) < 4.78 is 9.78. The van der Waals surface area contributed by atoms with Gasteiger partial charge in [-0.1, -0.05) is 5.16 Å². The molecule has 0 amide bonds. The Balaban J connectivity index is 2.27. The summed E-state index contributed by atoms with van der Waals surface area (Å²) in [5.74, 6) is 0.871. The molecule has 0 saturated heterocycles. The highest BCUT2D eigenvalue weighted by molar-refractivity contribution is 14.1. The Morgan fingerprint density at radius 1 is 1.73 bits per heavy atom. The Morgan fingerprint density at radius 3 is 3.09 bits per heavy atom. The van der Waals surface area contributed by atoms with Crippen LogP contribution >= 0.6 is 23.0 Å². The van der Waals surface area contributed by atoms with Crippen molar-refractivity contribution in [2.75, 3.05) is 6.61 Å². The van der Waals surface area contributed by atoms with Gasteiger partial charge in [0.1, 0.15) is 28.8 Å². The van der Waals surface area contributed by atoms with Gasteiger partial charge in [-0.25, -0.2) is 0 Å². The second-order valence-electron chi connectivity index (χ2n) is 2.35. The SMILES string of the molecule is Cc1cc(CCCOI)no1. The van der Waals surface area contributed by atoms with E-state index in [1.54, 1.807) is 0 Å². The molecule has 3 nitrogen and oxygen atoms in total. The third-order valence-corrected chi connectivity index (χ3v) is 1.77. The number of aromatic nitrogens is 1. The maximum absolute atomic E-state index is 4.90. The van der Waals surface area contributed by atoms with Crippen molar-refractivity contribution in [3.05, 3.63) is 17.5 Å². The molecular formula is C7H10INO2. The number of nitrogens with zero attached hydrogens (tertiary/aromatic N) is 1. The van der Waals surface area contributed by atoms with Crippen molar-refractivity contribution in [1.82, 2.24) is 5.16 Å². The summed E-state index contributed by atoms with van der Waals surface area (Å²) in [6.45, 7) is 2.66. The highest BCUT2D eigenvalue weighted by Crippen LogP contribution is 2.04. The Morgan fingerprint density at radius 2 is 2.55 bits per heavy atom. The summed E-state index contributed by atoms with van der Waals surface area (Å²) in [7, 11) is 0. The van der Waals surface area contributed by atoms with Gasteiger partial charge in [0.15, 0.2) is 0 Å². The van der Waals surface area contributed by atoms with E-state index in [4.69, 9.17) is 7.59 Å². The fourth-order valence-corrected chi connectivity index (χ4v) is 1.16. The van der Waals surface area contributed by atoms with Crippen LogP contribution < -0.4 is 0 Å². The first kappa shape index (κ1) is 8.99. The molecule has 0 aromatic carbocycles. The van der Waals surface area contributed by atoms with E-state index < -0.39 is 0 Å². The highest BCUT2D eigenvalue weighted by atomic mass is 127. The second kappa shape index (κ2) is 4.71. The van der Waals surface area contributed by atoms with Gasteiger partial charge in [0.05, 0.1) is 12.3 Å². The van der Waals surface area contributed by atoms with Crippen LogP contribution in [0.15, 0.2) is 10.6 Å². The van der Waals surface area contributed by atoms with Crippen molar-refractivity contribution < 1.29 is 7.59 Å². The van der Waals surface area contributed by atoms with Crippen LogP contribution in [0.1, 0.15) is 17.9 Å². The van der Waals surface area contributed by atoms with E-state index in [0.717, 1.165) is 30.9 Å². The molecule has 0 N–H and O–H groups in total. The normalized spacial score (nSPS) is 10.4. The summed E-state index contributed by atoms with van der Waals surface area (Å²) in [4.78, 5) is 0. The molecule has 0 aliphatic heterocycles. The predicted octanol–water partition coefficient (Wildman–Crippen LogP) is 2.28. The van der Waals surface area contributed by atoms with Gasteiger partial charge in [-0.3, -0.25) is 0 Å². The van der Waals surface area contributed by atoms with Gasteiger partial charge in [0, 0.05) is 6.07 Å². The van der Waals surface area contributed by atoms with Crippen LogP contribution in [0.2, 0.25) is 0 Å². The number of aryl methyl sites for hydroxylation is 2. The summed E-state index contributed by atoms with van der Waals surface area (Å²) in [5, 5.41) is 3.85. The van der Waals surface area contributed by atoms with Crippen molar-refractivity contribution in [3.8, 4) is 0 Å². The number of halogens is 1. The summed E-state index contributed by atoms with van der Waals surface area (Å²) in [5.41, 5.74) is 1.01. The molecule has 0 radical (unpaired) electrons. The molecule has 62 valence electrons. The van der Waals surface area contributed by atoms with Crippen molar-refractivity contribution in [2.45, 2.75) is 19.8 Å². The zero-order valence-corrected chi connectivity index (χ0v) is 8.50. The lowest BCUT2D eigenvalue weighted by Crippen LogP contribution is -1.89. The minimum absolute atomic E-state index is 0.770. The van der Waals surface area contributed by atoms with Gasteiger partial charge in [-0.15, -0.1) is 0 Å². The first-order chi connectivity index (χ1) is 5.33. The van der Waals surface area contributed by atoms with Crippen LogP contribution in [0.5, 0.6) is 0 Å². The van der Waals surface area contributed by atoms with Gasteiger partial charge in [0.25, 0.3) is 0 Å². The summed E-state index contributed by atoms with van der Waals surface area (Å²) in [6.07, 6.45) is 1.93. The topological polar surface area (TPSA) is 35.3 Å². The van der Waals surface area contributed by atoms with Gasteiger partial charge in [-0.05, 0) is 19.8 Å². The van der Waals surface area contributed by atoms with Gasteiger partial charge < -0.3 is 7.59 Å². The third-order valence-electron chi connectivity index (χ3n) is 1.33. The van der Waals surface area contributed by atoms with E-state index >= 15 is 0 Å². The van der Waals surface area contributed by atoms with Crippen LogP contribution in [0.25, 0.3) is 0 Å². The molecule has 0 bridgehead atoms. The minimum Gasteiger partial charge on any atom is -0.361 e. The fraction of sp³-hybridized carbons (Fsp3) is 0.571. The molecule has 0 aliphatic rings. The van der Waals surface area contributed by atoms with Crippen LogP contribution in [0.3, 0.4) is 0 Å². The van der Waals surface area contributed by atoms with Crippen LogP contribution in [-0.4, -0.2) is 11.8 Å². The zero-order valence-electron chi connectivity index (χ0n) is 6.34. The number of hydrogen-bond acceptors (Lipinski definition) is 3. The lowest BCUT2D eigenvalue weighted by atomic mass is 10.2. The van der Waals surface area contributed by atoms with E-state index in [1.807, 2.05) is 36.0 Å². The zero-order chi connectivity index (χ0) is 8.10. The lowest BCUT2D eigenvalue weighted by molar-refractivity contribution is 0.381. The van der Waals surface area contributed by atoms with E-state index in [1.165, 1.54) is 0 Å². The molecule has 1 rings (SSSR count). The van der Waals surface area contributed by atoms with Crippen molar-refractivity contribution >= 4 is 23.0 Å². The molecule has 1 aromatic heterocycles. The van der Waals surface area contributed by atoms with Crippen LogP contribution in [0, 0.1) is 6.92 Å². The Labute approximate surface area is 79.8 Å². The van der Waals surface area contributed by atoms with E-state index in [2.05, 4.69) is 5.16 Å². The predicted molar refractivity (Wildman–Crippen MR) is 49.5 cm³/mol. The monoisotopic (exact) mass is 267 g/mol. The second-order valence-corrected chi connectivity index (χ2v) is 2.97. The Bertz CT molecular complexity index is 212. The summed E-state index contributed by atoms with van der Waals surface area (Å²) >= 11 is 1.89. The van der Waals surface area contributed by atoms with Crippen LogP contribution in [0.4, 0.5) is 0 Å². The third kappa shape index (κ3) is 3.20. The average molecular weight is 267 g/mol. The smallest absolute Gasteiger partial charge is 0.133 e. The molecule has 0 saturated carbocycles. The maximum Gasteiger partial charge on any atom is 0.133 e. The molecule has 1 heterocycles. The molecule has 1 aromatic rings. The minimum atomic E-state index is 0.770. The Kier molecular flexibility index (Phi) is 3.85. The van der Waals surface area contributed by atoms with E-state index in [0.29, 0.717) is 0 Å². The van der Waals surface area contributed by atoms with E-state index in [9.17, 15) is 0 Å². The van der Waals surface area contributed by atoms with Crippen molar-refractivity contribution in [2.24, 2.45) is 0 Å². The first-order valence-electron chi connectivity index (χ1n) is 3.48. The molecule has 0 fully saturated rings. The standard InChI is InChI=1S/C7H10INO2/c1-6-5-7(9-11-6)3-2-4-10-8/h5H,2-4H2,1H3. The molecule has 11 heavy (non-hydrogen) atoms. The number of hydrogen-bond donors (Lipinski definition) is 0. The molecule has 4 heteroatoms. The Hall–Kier alpha value is -0.100. The molecule has 0 spiro atoms. The maximum atomic E-state index is 4.90. The van der Waals surface area contributed by atoms with Gasteiger partial charge in [-0.2, -0.15) is 0 Å². The molecule has 0 aliphatic carbocycles. The van der Waals surface area contributed by atoms with Crippen molar-refractivity contribution in [3.63, 3.8) is 0 Å². The quantitative estimate of drug-likeness (QED) is 0.620.